The van der Waals surface area contributed by atoms with Crippen LogP contribution >= 0.6 is 23.5 Å². The Morgan fingerprint density at radius 2 is 1.36 bits per heavy atom. The molecule has 0 amide bonds. The average molecular weight is 232 g/mol. The molecule has 0 aromatic carbocycles. The monoisotopic (exact) mass is 232 g/mol. The summed E-state index contributed by atoms with van der Waals surface area (Å²) in [5.74, 6) is 2.53. The molecule has 2 fully saturated rings. The molecule has 2 aliphatic rings. The maximum Gasteiger partial charge on any atom is 0.0777 e. The van der Waals surface area contributed by atoms with Crippen LogP contribution in [0.2, 0.25) is 0 Å². The summed E-state index contributed by atoms with van der Waals surface area (Å²) in [5.41, 5.74) is 0. The largest absolute Gasteiger partial charge is 0.391 e. The van der Waals surface area contributed by atoms with Crippen LogP contribution in [-0.2, 0) is 0 Å². The van der Waals surface area contributed by atoms with Crippen molar-refractivity contribution in [3.05, 3.63) is 0 Å². The normalized spacial score (nSPS) is 36.6. The summed E-state index contributed by atoms with van der Waals surface area (Å²) in [6, 6.07) is 0. The molecule has 1 nitrogen and oxygen atoms in total. The van der Waals surface area contributed by atoms with Crippen LogP contribution in [0.5, 0.6) is 0 Å². The molecule has 2 heterocycles. The summed E-state index contributed by atoms with van der Waals surface area (Å²) < 4.78 is 0. The van der Waals surface area contributed by atoms with E-state index < -0.39 is 0 Å². The SMILES string of the molecule is OC(C1CCCCS1)C1CCCCS1. The summed E-state index contributed by atoms with van der Waals surface area (Å²) in [7, 11) is 0. The molecule has 82 valence electrons. The van der Waals surface area contributed by atoms with Crippen molar-refractivity contribution in [2.75, 3.05) is 11.5 Å². The molecule has 0 aliphatic carbocycles. The Labute approximate surface area is 95.4 Å². The highest BCUT2D eigenvalue weighted by molar-refractivity contribution is 8.00. The van der Waals surface area contributed by atoms with Crippen LogP contribution in [-0.4, -0.2) is 33.2 Å². The number of hydrogen-bond acceptors (Lipinski definition) is 3. The minimum Gasteiger partial charge on any atom is -0.391 e. The van der Waals surface area contributed by atoms with Gasteiger partial charge in [-0.05, 0) is 37.2 Å². The molecule has 1 N–H and O–H groups in total. The van der Waals surface area contributed by atoms with Crippen LogP contribution in [0, 0.1) is 0 Å². The molecular formula is C11H20OS2. The summed E-state index contributed by atoms with van der Waals surface area (Å²) in [4.78, 5) is 0. The van der Waals surface area contributed by atoms with Crippen LogP contribution < -0.4 is 0 Å². The Kier molecular flexibility index (Phi) is 4.51. The smallest absolute Gasteiger partial charge is 0.0777 e. The van der Waals surface area contributed by atoms with E-state index in [4.69, 9.17) is 0 Å². The Morgan fingerprint density at radius 3 is 1.71 bits per heavy atom. The third kappa shape index (κ3) is 2.83. The fraction of sp³-hybridized carbons (Fsp3) is 1.00. The highest BCUT2D eigenvalue weighted by atomic mass is 32.2. The second kappa shape index (κ2) is 5.66. The second-order valence-corrected chi connectivity index (χ2v) is 6.99. The molecular weight excluding hydrogens is 212 g/mol. The molecule has 0 bridgehead atoms. The minimum atomic E-state index is -0.0365. The van der Waals surface area contributed by atoms with Crippen molar-refractivity contribution in [2.24, 2.45) is 0 Å². The molecule has 2 saturated heterocycles. The third-order valence-electron chi connectivity index (χ3n) is 3.19. The van der Waals surface area contributed by atoms with Gasteiger partial charge >= 0.3 is 0 Å². The minimum absolute atomic E-state index is 0.0365. The van der Waals surface area contributed by atoms with Gasteiger partial charge in [0.15, 0.2) is 0 Å². The molecule has 2 atom stereocenters. The van der Waals surface area contributed by atoms with Crippen molar-refractivity contribution >= 4 is 23.5 Å². The lowest BCUT2D eigenvalue weighted by Gasteiger charge is -2.33. The van der Waals surface area contributed by atoms with E-state index in [1.807, 2.05) is 23.5 Å². The highest BCUT2D eigenvalue weighted by Crippen LogP contribution is 2.35. The molecule has 0 radical (unpaired) electrons. The third-order valence-corrected chi connectivity index (χ3v) is 6.13. The van der Waals surface area contributed by atoms with Gasteiger partial charge in [-0.3, -0.25) is 0 Å². The summed E-state index contributed by atoms with van der Waals surface area (Å²) in [6.45, 7) is 0. The van der Waals surface area contributed by atoms with Gasteiger partial charge in [-0.15, -0.1) is 0 Å². The average Bonchev–Trinajstić information content (AvgIpc) is 2.30. The van der Waals surface area contributed by atoms with Crippen LogP contribution in [0.1, 0.15) is 38.5 Å². The van der Waals surface area contributed by atoms with E-state index >= 15 is 0 Å². The van der Waals surface area contributed by atoms with E-state index in [0.29, 0.717) is 10.5 Å². The van der Waals surface area contributed by atoms with Gasteiger partial charge in [0, 0.05) is 10.5 Å². The van der Waals surface area contributed by atoms with E-state index in [1.165, 1.54) is 50.0 Å². The molecule has 0 aromatic heterocycles. The molecule has 2 unspecified atom stereocenters. The van der Waals surface area contributed by atoms with E-state index in [9.17, 15) is 5.11 Å². The quantitative estimate of drug-likeness (QED) is 0.790. The molecule has 3 heteroatoms. The molecule has 14 heavy (non-hydrogen) atoms. The number of hydrogen-bond donors (Lipinski definition) is 1. The summed E-state index contributed by atoms with van der Waals surface area (Å²) in [6.07, 6.45) is 7.80. The van der Waals surface area contributed by atoms with Gasteiger partial charge in [0.25, 0.3) is 0 Å². The maximum absolute atomic E-state index is 10.3. The first-order chi connectivity index (χ1) is 6.88. The van der Waals surface area contributed by atoms with Crippen molar-refractivity contribution in [1.82, 2.24) is 0 Å². The van der Waals surface area contributed by atoms with Gasteiger partial charge in [0.2, 0.25) is 0 Å². The lowest BCUT2D eigenvalue weighted by atomic mass is 10.0. The number of aliphatic hydroxyl groups excluding tert-OH is 1. The van der Waals surface area contributed by atoms with Crippen LogP contribution in [0.4, 0.5) is 0 Å². The van der Waals surface area contributed by atoms with Crippen LogP contribution in [0.15, 0.2) is 0 Å². The summed E-state index contributed by atoms with van der Waals surface area (Å²) >= 11 is 4.00. The van der Waals surface area contributed by atoms with Gasteiger partial charge in [-0.2, -0.15) is 23.5 Å². The fourth-order valence-electron chi connectivity index (χ4n) is 2.31. The predicted octanol–water partition coefficient (Wildman–Crippen LogP) is 2.92. The number of rotatable bonds is 2. The first-order valence-corrected chi connectivity index (χ1v) is 7.89. The lowest BCUT2D eigenvalue weighted by Crippen LogP contribution is -2.36. The second-order valence-electron chi connectivity index (χ2n) is 4.30. The summed E-state index contributed by atoms with van der Waals surface area (Å²) in [5, 5.41) is 11.3. The zero-order valence-electron chi connectivity index (χ0n) is 8.65. The molecule has 2 rings (SSSR count). The Bertz CT molecular complexity index is 145. The standard InChI is InChI=1S/C11H20OS2/c12-11(9-5-1-3-7-13-9)10-6-2-4-8-14-10/h9-12H,1-8H2. The zero-order chi connectivity index (χ0) is 9.80. The Hall–Kier alpha value is 0.660. The number of thioether (sulfide) groups is 2. The molecule has 0 aromatic rings. The number of aliphatic hydroxyl groups is 1. The van der Waals surface area contributed by atoms with Crippen molar-refractivity contribution in [3.8, 4) is 0 Å². The van der Waals surface area contributed by atoms with E-state index in [1.54, 1.807) is 0 Å². The Balaban J connectivity index is 1.82. The predicted molar refractivity (Wildman–Crippen MR) is 66.2 cm³/mol. The van der Waals surface area contributed by atoms with Gasteiger partial charge in [-0.1, -0.05) is 12.8 Å². The van der Waals surface area contributed by atoms with Crippen molar-refractivity contribution in [3.63, 3.8) is 0 Å². The zero-order valence-corrected chi connectivity index (χ0v) is 10.3. The van der Waals surface area contributed by atoms with Crippen LogP contribution in [0.3, 0.4) is 0 Å². The van der Waals surface area contributed by atoms with E-state index in [2.05, 4.69) is 0 Å². The van der Waals surface area contributed by atoms with Crippen molar-refractivity contribution in [2.45, 2.75) is 55.1 Å². The first kappa shape index (κ1) is 11.2. The Morgan fingerprint density at radius 1 is 0.857 bits per heavy atom. The van der Waals surface area contributed by atoms with Crippen molar-refractivity contribution < 1.29 is 5.11 Å². The molecule has 0 spiro atoms. The molecule has 2 aliphatic heterocycles. The maximum atomic E-state index is 10.3. The molecule has 0 saturated carbocycles. The fourth-order valence-corrected chi connectivity index (χ4v) is 5.20. The highest BCUT2D eigenvalue weighted by Gasteiger charge is 2.30. The van der Waals surface area contributed by atoms with Gasteiger partial charge in [0.05, 0.1) is 6.10 Å². The van der Waals surface area contributed by atoms with Crippen LogP contribution in [0.25, 0.3) is 0 Å². The topological polar surface area (TPSA) is 20.2 Å². The van der Waals surface area contributed by atoms with Gasteiger partial charge in [0.1, 0.15) is 0 Å². The van der Waals surface area contributed by atoms with E-state index in [-0.39, 0.29) is 6.10 Å². The van der Waals surface area contributed by atoms with Gasteiger partial charge < -0.3 is 5.11 Å². The van der Waals surface area contributed by atoms with Gasteiger partial charge in [-0.25, -0.2) is 0 Å². The first-order valence-electron chi connectivity index (χ1n) is 5.79. The van der Waals surface area contributed by atoms with Crippen molar-refractivity contribution in [1.29, 1.82) is 0 Å². The lowest BCUT2D eigenvalue weighted by molar-refractivity contribution is 0.157. The van der Waals surface area contributed by atoms with E-state index in [0.717, 1.165) is 0 Å².